The number of phenols is 1. The third-order valence-electron chi connectivity index (χ3n) is 7.13. The molecule has 2 unspecified atom stereocenters. The summed E-state index contributed by atoms with van der Waals surface area (Å²) in [4.78, 5) is 22.3. The monoisotopic (exact) mass is 816 g/mol. The molecule has 2 aromatic rings. The molecule has 49 heavy (non-hydrogen) atoms. The van der Waals surface area contributed by atoms with Crippen molar-refractivity contribution < 1.29 is 77.8 Å². The molecule has 2 heterocycles. The van der Waals surface area contributed by atoms with Gasteiger partial charge >= 0.3 is 11.9 Å². The molecule has 2 aliphatic heterocycles. The Labute approximate surface area is 295 Å². The average Bonchev–Trinajstić information content (AvgIpc) is 3.08. The van der Waals surface area contributed by atoms with Crippen LogP contribution < -0.4 is 4.74 Å². The lowest BCUT2D eigenvalue weighted by molar-refractivity contribution is -0.242. The number of alkyl halides is 3. The molecule has 2 aliphatic rings. The van der Waals surface area contributed by atoms with Gasteiger partial charge in [0.1, 0.15) is 86.3 Å². The molecule has 0 aliphatic carbocycles. The lowest BCUT2D eigenvalue weighted by Gasteiger charge is -2.42. The lowest BCUT2D eigenvalue weighted by atomic mass is 9.91. The maximum atomic E-state index is 12.1. The van der Waals surface area contributed by atoms with Crippen molar-refractivity contribution >= 4 is 34.5 Å². The molecule has 7 N–H and O–H groups in total. The molecule has 2 saturated heterocycles. The Morgan fingerprint density at radius 1 is 0.796 bits per heavy atom. The Morgan fingerprint density at radius 2 is 1.37 bits per heavy atom. The van der Waals surface area contributed by atoms with Crippen LogP contribution >= 0.6 is 22.6 Å². The second kappa shape index (κ2) is 21.5. The number of hydrogen-bond donors (Lipinski definition) is 7. The number of benzene rings is 2. The van der Waals surface area contributed by atoms with Crippen molar-refractivity contribution in [2.45, 2.75) is 74.9 Å². The summed E-state index contributed by atoms with van der Waals surface area (Å²) in [5, 5.41) is 68.9. The van der Waals surface area contributed by atoms with E-state index >= 15 is 0 Å². The van der Waals surface area contributed by atoms with Gasteiger partial charge in [0.2, 0.25) is 0 Å². The second-order valence-electron chi connectivity index (χ2n) is 10.8. The zero-order valence-electron chi connectivity index (χ0n) is 26.8. The molecule has 0 amide bonds. The summed E-state index contributed by atoms with van der Waals surface area (Å²) in [6.07, 6.45) is -12.1. The Hall–Kier alpha value is -2.75. The standard InChI is InChI=1S/C16H20O8.C14H19FO6.C2H4FI/c1-8(17)22-7-12-16(23-9(2)18)14(21)13(20)15(24-12)10-4-3-5-11(19)6-10;15-4-5-20-9-3-1-2-8(6-9)14-13(19)12(18)11(17)10(7-16)21-14;3-1-2-4/h3-6,12-16,19-21H,7H2,1-2H3;1-3,6,10-14,16-19H,4-5,7H2;1-2H2/t12-,13+,14-,15?,16-;10-,11-,12+,13+,14?;/m11./s1. The maximum Gasteiger partial charge on any atom is 0.303 e. The van der Waals surface area contributed by atoms with E-state index in [-0.39, 0.29) is 25.6 Å². The van der Waals surface area contributed by atoms with E-state index in [1.807, 2.05) is 22.6 Å². The largest absolute Gasteiger partial charge is 0.508 e. The number of rotatable bonds is 10. The Bertz CT molecular complexity index is 1290. The van der Waals surface area contributed by atoms with Crippen molar-refractivity contribution in [2.24, 2.45) is 0 Å². The molecular weight excluding hydrogens is 773 g/mol. The van der Waals surface area contributed by atoms with Crippen molar-refractivity contribution in [3.63, 3.8) is 0 Å². The summed E-state index contributed by atoms with van der Waals surface area (Å²) in [7, 11) is 0. The molecule has 0 spiro atoms. The molecule has 4 rings (SSSR count). The minimum absolute atomic E-state index is 0.0311. The SMILES string of the molecule is CC(=O)OC[C@H]1OC(c2cccc(O)c2)[C@@H](O)[C@@H](O)[C@@H]1OC(C)=O.FCCI.OC[C@H]1OC(c2cccc(OCCF)c2)[C@@H](O)[C@@H](O)[C@@H]1O. The highest BCUT2D eigenvalue weighted by atomic mass is 127. The summed E-state index contributed by atoms with van der Waals surface area (Å²) in [5.41, 5.74) is 0.930. The molecule has 17 heteroatoms. The van der Waals surface area contributed by atoms with Gasteiger partial charge in [0, 0.05) is 18.3 Å². The fourth-order valence-electron chi connectivity index (χ4n) is 4.90. The van der Waals surface area contributed by atoms with Crippen LogP contribution in [-0.4, -0.2) is 134 Å². The van der Waals surface area contributed by atoms with Gasteiger partial charge in [0.05, 0.1) is 13.3 Å². The number of esters is 2. The molecule has 10 atom stereocenters. The van der Waals surface area contributed by atoms with E-state index in [2.05, 4.69) is 0 Å². The second-order valence-corrected chi connectivity index (χ2v) is 11.9. The molecule has 0 radical (unpaired) electrons. The first-order valence-electron chi connectivity index (χ1n) is 15.1. The third kappa shape index (κ3) is 12.8. The zero-order valence-corrected chi connectivity index (χ0v) is 28.9. The highest BCUT2D eigenvalue weighted by molar-refractivity contribution is 14.1. The number of halogens is 3. The number of ether oxygens (including phenoxy) is 5. The minimum atomic E-state index is -1.45. The van der Waals surface area contributed by atoms with Gasteiger partial charge in [-0.25, -0.2) is 4.39 Å². The molecule has 2 aromatic carbocycles. The molecule has 276 valence electrons. The topological polar surface area (TPSA) is 222 Å². The smallest absolute Gasteiger partial charge is 0.303 e. The quantitative estimate of drug-likeness (QED) is 0.101. The number of aromatic hydroxyl groups is 1. The molecule has 0 bridgehead atoms. The molecular formula is C32H43F2IO14. The first-order chi connectivity index (χ1) is 23.3. The van der Waals surface area contributed by atoms with E-state index in [1.165, 1.54) is 19.1 Å². The molecule has 0 aromatic heterocycles. The van der Waals surface area contributed by atoms with Gasteiger partial charge in [-0.1, -0.05) is 46.9 Å². The number of carbonyl (C=O) groups excluding carboxylic acids is 2. The van der Waals surface area contributed by atoms with Crippen LogP contribution in [0.4, 0.5) is 8.78 Å². The Kier molecular flexibility index (Phi) is 18.6. The van der Waals surface area contributed by atoms with Crippen molar-refractivity contribution in [3.05, 3.63) is 59.7 Å². The van der Waals surface area contributed by atoms with Gasteiger partial charge in [0.25, 0.3) is 0 Å². The molecule has 0 saturated carbocycles. The average molecular weight is 817 g/mol. The maximum absolute atomic E-state index is 12.1. The van der Waals surface area contributed by atoms with Crippen molar-refractivity contribution in [1.82, 2.24) is 0 Å². The first kappa shape index (κ1) is 42.4. The minimum Gasteiger partial charge on any atom is -0.508 e. The highest BCUT2D eigenvalue weighted by Gasteiger charge is 2.47. The van der Waals surface area contributed by atoms with E-state index in [1.54, 1.807) is 36.4 Å². The van der Waals surface area contributed by atoms with E-state index in [4.69, 9.17) is 28.8 Å². The van der Waals surface area contributed by atoms with E-state index in [0.29, 0.717) is 21.3 Å². The summed E-state index contributed by atoms with van der Waals surface area (Å²) in [6.45, 7) is 0.722. The fraction of sp³-hybridized carbons (Fsp3) is 0.562. The third-order valence-corrected chi connectivity index (χ3v) is 7.54. The van der Waals surface area contributed by atoms with Gasteiger partial charge in [-0.05, 0) is 35.4 Å². The van der Waals surface area contributed by atoms with Crippen LogP contribution in [0.15, 0.2) is 48.5 Å². The van der Waals surface area contributed by atoms with Gasteiger partial charge in [-0.3, -0.25) is 14.0 Å². The van der Waals surface area contributed by atoms with Crippen LogP contribution in [0.2, 0.25) is 0 Å². The number of hydrogen-bond acceptors (Lipinski definition) is 14. The van der Waals surface area contributed by atoms with Gasteiger partial charge in [0.15, 0.2) is 6.10 Å². The fourth-order valence-corrected chi connectivity index (χ4v) is 4.90. The summed E-state index contributed by atoms with van der Waals surface area (Å²) >= 11 is 1.98. The Morgan fingerprint density at radius 3 is 1.90 bits per heavy atom. The van der Waals surface area contributed by atoms with Crippen LogP contribution in [-0.2, 0) is 28.5 Å². The molecule has 2 fully saturated rings. The predicted molar refractivity (Wildman–Crippen MR) is 175 cm³/mol. The van der Waals surface area contributed by atoms with Crippen LogP contribution in [0.3, 0.4) is 0 Å². The zero-order chi connectivity index (χ0) is 36.7. The van der Waals surface area contributed by atoms with E-state index in [9.17, 15) is 49.0 Å². The first-order valence-corrected chi connectivity index (χ1v) is 16.6. The van der Waals surface area contributed by atoms with Crippen LogP contribution in [0, 0.1) is 0 Å². The predicted octanol–water partition coefficient (Wildman–Crippen LogP) is 0.989. The van der Waals surface area contributed by atoms with Gasteiger partial charge in [-0.15, -0.1) is 0 Å². The van der Waals surface area contributed by atoms with E-state index < -0.39 is 86.3 Å². The summed E-state index contributed by atoms with van der Waals surface area (Å²) < 4.78 is 49.6. The Balaban J connectivity index is 0.000000309. The van der Waals surface area contributed by atoms with Crippen LogP contribution in [0.5, 0.6) is 11.5 Å². The van der Waals surface area contributed by atoms with E-state index in [0.717, 1.165) is 6.92 Å². The number of aliphatic hydroxyl groups excluding tert-OH is 6. The highest BCUT2D eigenvalue weighted by Crippen LogP contribution is 2.35. The van der Waals surface area contributed by atoms with Crippen molar-refractivity contribution in [2.75, 3.05) is 37.6 Å². The summed E-state index contributed by atoms with van der Waals surface area (Å²) in [6, 6.07) is 12.5. The van der Waals surface area contributed by atoms with Crippen LogP contribution in [0.25, 0.3) is 0 Å². The summed E-state index contributed by atoms with van der Waals surface area (Å²) in [5.74, 6) is -0.855. The number of carbonyl (C=O) groups is 2. The lowest BCUT2D eigenvalue weighted by Crippen LogP contribution is -2.57. The number of phenolic OH excluding ortho intramolecular Hbond substituents is 1. The molecule has 14 nitrogen and oxygen atoms in total. The van der Waals surface area contributed by atoms with Crippen LogP contribution in [0.1, 0.15) is 37.2 Å². The van der Waals surface area contributed by atoms with Crippen molar-refractivity contribution in [3.8, 4) is 11.5 Å². The number of aliphatic hydroxyl groups is 6. The van der Waals surface area contributed by atoms with Crippen molar-refractivity contribution in [1.29, 1.82) is 0 Å². The van der Waals surface area contributed by atoms with Gasteiger partial charge < -0.3 is 59.4 Å². The van der Waals surface area contributed by atoms with Gasteiger partial charge in [-0.2, -0.15) is 0 Å². The normalized spacial score (nSPS) is 29.3.